The Kier molecular flexibility index (Phi) is 4.39. The van der Waals surface area contributed by atoms with Crippen molar-refractivity contribution in [3.05, 3.63) is 71.7 Å². The molecule has 0 aliphatic heterocycles. The van der Waals surface area contributed by atoms with Gasteiger partial charge in [0.05, 0.1) is 17.1 Å². The number of para-hydroxylation sites is 1. The van der Waals surface area contributed by atoms with Crippen molar-refractivity contribution >= 4 is 22.5 Å². The minimum atomic E-state index is -0.536. The van der Waals surface area contributed by atoms with Gasteiger partial charge in [-0.05, 0) is 29.8 Å². The van der Waals surface area contributed by atoms with Gasteiger partial charge in [0.1, 0.15) is 5.82 Å². The van der Waals surface area contributed by atoms with E-state index in [0.717, 1.165) is 16.6 Å². The van der Waals surface area contributed by atoms with Crippen LogP contribution < -0.4 is 16.8 Å². The first-order valence-corrected chi connectivity index (χ1v) is 7.49. The van der Waals surface area contributed by atoms with E-state index in [1.165, 1.54) is 12.1 Å². The summed E-state index contributed by atoms with van der Waals surface area (Å²) in [6.07, 6.45) is 1.59. The van der Waals surface area contributed by atoms with Crippen LogP contribution in [0.25, 0.3) is 10.9 Å². The molecule has 0 radical (unpaired) electrons. The summed E-state index contributed by atoms with van der Waals surface area (Å²) in [5.74, 6) is -0.853. The number of hydrogen-bond acceptors (Lipinski definition) is 4. The van der Waals surface area contributed by atoms with Crippen LogP contribution in [-0.2, 0) is 0 Å². The third-order valence-electron chi connectivity index (χ3n) is 3.85. The molecule has 1 atom stereocenters. The fraction of sp³-hybridized carbons (Fsp3) is 0.111. The number of anilines is 1. The minimum Gasteiger partial charge on any atom is -0.376 e. The predicted molar refractivity (Wildman–Crippen MR) is 92.1 cm³/mol. The van der Waals surface area contributed by atoms with Gasteiger partial charge < -0.3 is 16.8 Å². The number of halogens is 1. The second kappa shape index (κ2) is 6.64. The lowest BCUT2D eigenvalue weighted by Gasteiger charge is -2.20. The minimum absolute atomic E-state index is 0.275. The number of amides is 1. The van der Waals surface area contributed by atoms with Gasteiger partial charge in [-0.1, -0.05) is 24.3 Å². The van der Waals surface area contributed by atoms with Crippen LogP contribution in [0.15, 0.2) is 54.7 Å². The molecule has 5 nitrogen and oxygen atoms in total. The molecule has 0 saturated heterocycles. The zero-order valence-electron chi connectivity index (χ0n) is 12.9. The van der Waals surface area contributed by atoms with Crippen LogP contribution in [0.1, 0.15) is 22.0 Å². The van der Waals surface area contributed by atoms with E-state index in [1.807, 2.05) is 12.1 Å². The number of primary amides is 1. The quantitative estimate of drug-likeness (QED) is 0.672. The topological polar surface area (TPSA) is 94.0 Å². The highest BCUT2D eigenvalue weighted by Gasteiger charge is 2.14. The molecule has 1 heterocycles. The molecule has 122 valence electrons. The first-order valence-electron chi connectivity index (χ1n) is 7.49. The number of fused-ring (bicyclic) bond motifs is 1. The van der Waals surface area contributed by atoms with Crippen LogP contribution in [0.2, 0.25) is 0 Å². The first-order chi connectivity index (χ1) is 11.6. The third kappa shape index (κ3) is 3.04. The van der Waals surface area contributed by atoms with Crippen molar-refractivity contribution in [2.75, 3.05) is 11.9 Å². The van der Waals surface area contributed by atoms with E-state index in [0.29, 0.717) is 11.1 Å². The fourth-order valence-corrected chi connectivity index (χ4v) is 2.69. The van der Waals surface area contributed by atoms with E-state index in [4.69, 9.17) is 11.5 Å². The van der Waals surface area contributed by atoms with Gasteiger partial charge in [0.2, 0.25) is 0 Å². The molecule has 2 aromatic carbocycles. The molecule has 3 rings (SSSR count). The Balaban J connectivity index is 2.03. The van der Waals surface area contributed by atoms with Crippen LogP contribution >= 0.6 is 0 Å². The van der Waals surface area contributed by atoms with E-state index in [9.17, 15) is 9.18 Å². The van der Waals surface area contributed by atoms with Gasteiger partial charge in [0.25, 0.3) is 5.91 Å². The highest BCUT2D eigenvalue weighted by molar-refractivity contribution is 6.07. The maximum atomic E-state index is 13.5. The molecule has 0 aliphatic rings. The maximum absolute atomic E-state index is 13.5. The smallest absolute Gasteiger partial charge is 0.250 e. The molecule has 0 saturated carbocycles. The number of nitrogens with two attached hydrogens (primary N) is 2. The lowest BCUT2D eigenvalue weighted by Crippen LogP contribution is -2.21. The Morgan fingerprint density at radius 3 is 2.71 bits per heavy atom. The summed E-state index contributed by atoms with van der Waals surface area (Å²) in [5.41, 5.74) is 13.6. The highest BCUT2D eigenvalue weighted by Crippen LogP contribution is 2.27. The normalized spacial score (nSPS) is 12.1. The first kappa shape index (κ1) is 15.9. The van der Waals surface area contributed by atoms with Crippen molar-refractivity contribution in [1.29, 1.82) is 0 Å². The van der Waals surface area contributed by atoms with Gasteiger partial charge in [-0.2, -0.15) is 0 Å². The van der Waals surface area contributed by atoms with Gasteiger partial charge >= 0.3 is 0 Å². The Hall–Kier alpha value is -2.99. The zero-order valence-corrected chi connectivity index (χ0v) is 12.9. The number of hydrogen-bond donors (Lipinski definition) is 3. The molecule has 5 N–H and O–H groups in total. The summed E-state index contributed by atoms with van der Waals surface area (Å²) >= 11 is 0. The Labute approximate surface area is 138 Å². The van der Waals surface area contributed by atoms with Gasteiger partial charge in [-0.3, -0.25) is 9.78 Å². The summed E-state index contributed by atoms with van der Waals surface area (Å²) in [5, 5.41) is 4.05. The molecule has 0 unspecified atom stereocenters. The average molecular weight is 324 g/mol. The number of nitrogens with one attached hydrogen (secondary N) is 1. The van der Waals surface area contributed by atoms with E-state index in [-0.39, 0.29) is 18.4 Å². The van der Waals surface area contributed by atoms with Crippen LogP contribution in [0.5, 0.6) is 0 Å². The van der Waals surface area contributed by atoms with Gasteiger partial charge in [-0.25, -0.2) is 4.39 Å². The average Bonchev–Trinajstić information content (AvgIpc) is 2.59. The van der Waals surface area contributed by atoms with Crippen molar-refractivity contribution < 1.29 is 9.18 Å². The van der Waals surface area contributed by atoms with Crippen molar-refractivity contribution in [2.45, 2.75) is 6.04 Å². The Bertz CT molecular complexity index is 897. The maximum Gasteiger partial charge on any atom is 0.250 e. The van der Waals surface area contributed by atoms with Crippen molar-refractivity contribution in [2.24, 2.45) is 11.5 Å². The van der Waals surface area contributed by atoms with Gasteiger partial charge in [0.15, 0.2) is 0 Å². The number of aromatic nitrogens is 1. The Morgan fingerprint density at radius 2 is 2.00 bits per heavy atom. The van der Waals surface area contributed by atoms with Crippen molar-refractivity contribution in [3.8, 4) is 0 Å². The summed E-state index contributed by atoms with van der Waals surface area (Å²) in [7, 11) is 0. The number of benzene rings is 2. The molecule has 24 heavy (non-hydrogen) atoms. The monoisotopic (exact) mass is 324 g/mol. The molecule has 6 heteroatoms. The summed E-state index contributed by atoms with van der Waals surface area (Å²) in [4.78, 5) is 15.8. The van der Waals surface area contributed by atoms with Crippen LogP contribution in [0.4, 0.5) is 10.1 Å². The van der Waals surface area contributed by atoms with E-state index >= 15 is 0 Å². The summed E-state index contributed by atoms with van der Waals surface area (Å²) in [6, 6.07) is 13.0. The van der Waals surface area contributed by atoms with Crippen molar-refractivity contribution in [1.82, 2.24) is 4.98 Å². The van der Waals surface area contributed by atoms with Gasteiger partial charge in [-0.15, -0.1) is 0 Å². The summed E-state index contributed by atoms with van der Waals surface area (Å²) < 4.78 is 13.5. The number of carbonyl (C=O) groups excluding carboxylic acids is 1. The molecular formula is C18H17FN4O. The number of rotatable bonds is 5. The van der Waals surface area contributed by atoms with Crippen molar-refractivity contribution in [3.63, 3.8) is 0 Å². The molecule has 1 amide bonds. The highest BCUT2D eigenvalue weighted by atomic mass is 19.1. The molecule has 0 spiro atoms. The zero-order chi connectivity index (χ0) is 17.1. The third-order valence-corrected chi connectivity index (χ3v) is 3.85. The summed E-state index contributed by atoms with van der Waals surface area (Å²) in [6.45, 7) is 0.281. The number of carbonyl (C=O) groups is 1. The fourth-order valence-electron chi connectivity index (χ4n) is 2.69. The molecule has 1 aromatic heterocycles. The molecule has 0 fully saturated rings. The van der Waals surface area contributed by atoms with E-state index in [2.05, 4.69) is 10.3 Å². The van der Waals surface area contributed by atoms with Gasteiger partial charge in [0, 0.05) is 23.8 Å². The lowest BCUT2D eigenvalue weighted by atomic mass is 10.0. The molecular weight excluding hydrogens is 307 g/mol. The van der Waals surface area contributed by atoms with Crippen LogP contribution in [0, 0.1) is 5.82 Å². The van der Waals surface area contributed by atoms with Crippen LogP contribution in [0.3, 0.4) is 0 Å². The molecule has 0 aliphatic carbocycles. The second-order valence-electron chi connectivity index (χ2n) is 5.41. The number of nitrogens with zero attached hydrogens (tertiary/aromatic N) is 1. The molecule has 0 bridgehead atoms. The SMILES string of the molecule is NC[C@@H](Nc1ccnc2c(C(N)=O)cccc12)c1cccc(F)c1. The standard InChI is InChI=1S/C18H17FN4O/c19-12-4-1-3-11(9-12)16(10-20)23-15-7-8-22-17-13(15)5-2-6-14(17)18(21)24/h1-9,16H,10,20H2,(H2,21,24)(H,22,23)/t16-/m1/s1. The largest absolute Gasteiger partial charge is 0.376 e. The molecule has 3 aromatic rings. The van der Waals surface area contributed by atoms with Crippen LogP contribution in [-0.4, -0.2) is 17.4 Å². The predicted octanol–water partition coefficient (Wildman–Crippen LogP) is 2.58. The van der Waals surface area contributed by atoms with E-state index < -0.39 is 5.91 Å². The lowest BCUT2D eigenvalue weighted by molar-refractivity contribution is 0.100. The van der Waals surface area contributed by atoms with E-state index in [1.54, 1.807) is 30.5 Å². The second-order valence-corrected chi connectivity index (χ2v) is 5.41. The number of pyridine rings is 1. The Morgan fingerprint density at radius 1 is 1.21 bits per heavy atom.